The topological polar surface area (TPSA) is 46.5 Å². The van der Waals surface area contributed by atoms with E-state index in [-0.39, 0.29) is 12.0 Å². The number of aliphatic carboxylic acids is 1. The van der Waals surface area contributed by atoms with Gasteiger partial charge in [0, 0.05) is 13.5 Å². The molecule has 0 aliphatic carbocycles. The standard InChI is InChI=1S/C10H20O3/c1-4-7-10(2,13-3)8-5-6-9(11)12/h4-8H2,1-3H3,(H,11,12). The predicted molar refractivity (Wildman–Crippen MR) is 51.8 cm³/mol. The number of carboxylic acid groups (broad SMARTS) is 1. The maximum atomic E-state index is 10.3. The summed E-state index contributed by atoms with van der Waals surface area (Å²) in [5, 5.41) is 8.47. The molecule has 0 aliphatic heterocycles. The Morgan fingerprint density at radius 1 is 1.46 bits per heavy atom. The highest BCUT2D eigenvalue weighted by molar-refractivity contribution is 5.66. The Labute approximate surface area is 80.1 Å². The van der Waals surface area contributed by atoms with Crippen molar-refractivity contribution in [2.45, 2.75) is 51.6 Å². The molecule has 0 aromatic heterocycles. The predicted octanol–water partition coefficient (Wildman–Crippen LogP) is 2.45. The molecule has 0 aliphatic rings. The maximum Gasteiger partial charge on any atom is 0.303 e. The molecule has 0 fully saturated rings. The van der Waals surface area contributed by atoms with Crippen LogP contribution in [0.2, 0.25) is 0 Å². The summed E-state index contributed by atoms with van der Waals surface area (Å²) in [5.41, 5.74) is -0.135. The summed E-state index contributed by atoms with van der Waals surface area (Å²) in [7, 11) is 1.69. The van der Waals surface area contributed by atoms with Gasteiger partial charge in [-0.05, 0) is 26.2 Å². The second kappa shape index (κ2) is 5.97. The van der Waals surface area contributed by atoms with E-state index >= 15 is 0 Å². The molecular formula is C10H20O3. The van der Waals surface area contributed by atoms with Crippen LogP contribution >= 0.6 is 0 Å². The second-order valence-corrected chi connectivity index (χ2v) is 3.65. The van der Waals surface area contributed by atoms with Crippen molar-refractivity contribution in [2.75, 3.05) is 7.11 Å². The van der Waals surface area contributed by atoms with E-state index in [1.807, 2.05) is 6.92 Å². The molecule has 0 heterocycles. The Balaban J connectivity index is 3.76. The molecule has 0 aromatic rings. The first-order valence-corrected chi connectivity index (χ1v) is 4.81. The van der Waals surface area contributed by atoms with Crippen molar-refractivity contribution in [3.8, 4) is 0 Å². The second-order valence-electron chi connectivity index (χ2n) is 3.65. The largest absolute Gasteiger partial charge is 0.481 e. The van der Waals surface area contributed by atoms with Crippen molar-refractivity contribution in [2.24, 2.45) is 0 Å². The number of carboxylic acids is 1. The first-order chi connectivity index (χ1) is 6.04. The first kappa shape index (κ1) is 12.4. The molecule has 0 bridgehead atoms. The molecule has 0 aromatic carbocycles. The van der Waals surface area contributed by atoms with Crippen LogP contribution in [0.4, 0.5) is 0 Å². The van der Waals surface area contributed by atoms with Crippen LogP contribution < -0.4 is 0 Å². The Morgan fingerprint density at radius 3 is 2.46 bits per heavy atom. The third kappa shape index (κ3) is 5.64. The van der Waals surface area contributed by atoms with Crippen LogP contribution in [0.3, 0.4) is 0 Å². The molecule has 78 valence electrons. The number of carbonyl (C=O) groups is 1. The lowest BCUT2D eigenvalue weighted by Crippen LogP contribution is -2.27. The Kier molecular flexibility index (Phi) is 5.71. The monoisotopic (exact) mass is 188 g/mol. The molecule has 0 radical (unpaired) electrons. The van der Waals surface area contributed by atoms with Crippen LogP contribution in [0, 0.1) is 0 Å². The number of methoxy groups -OCH3 is 1. The Morgan fingerprint density at radius 2 is 2.08 bits per heavy atom. The van der Waals surface area contributed by atoms with Gasteiger partial charge in [0.1, 0.15) is 0 Å². The summed E-state index contributed by atoms with van der Waals surface area (Å²) in [6.07, 6.45) is 3.81. The summed E-state index contributed by atoms with van der Waals surface area (Å²) in [4.78, 5) is 10.3. The maximum absolute atomic E-state index is 10.3. The zero-order chi connectivity index (χ0) is 10.3. The van der Waals surface area contributed by atoms with Gasteiger partial charge in [0.2, 0.25) is 0 Å². The van der Waals surface area contributed by atoms with Crippen LogP contribution in [0.25, 0.3) is 0 Å². The van der Waals surface area contributed by atoms with Crippen molar-refractivity contribution >= 4 is 5.97 Å². The lowest BCUT2D eigenvalue weighted by molar-refractivity contribution is -0.137. The van der Waals surface area contributed by atoms with Gasteiger partial charge < -0.3 is 9.84 Å². The number of rotatable bonds is 7. The quantitative estimate of drug-likeness (QED) is 0.667. The molecule has 1 atom stereocenters. The average molecular weight is 188 g/mol. The fourth-order valence-corrected chi connectivity index (χ4v) is 1.47. The van der Waals surface area contributed by atoms with Gasteiger partial charge >= 0.3 is 5.97 Å². The highest BCUT2D eigenvalue weighted by Crippen LogP contribution is 2.23. The molecule has 0 spiro atoms. The van der Waals surface area contributed by atoms with Gasteiger partial charge in [-0.15, -0.1) is 0 Å². The van der Waals surface area contributed by atoms with Crippen molar-refractivity contribution in [1.29, 1.82) is 0 Å². The minimum atomic E-state index is -0.727. The van der Waals surface area contributed by atoms with Crippen LogP contribution in [0.1, 0.15) is 46.0 Å². The molecule has 3 heteroatoms. The summed E-state index contributed by atoms with van der Waals surface area (Å²) in [6.45, 7) is 4.15. The van der Waals surface area contributed by atoms with E-state index < -0.39 is 5.97 Å². The van der Waals surface area contributed by atoms with Gasteiger partial charge in [-0.25, -0.2) is 0 Å². The minimum Gasteiger partial charge on any atom is -0.481 e. The highest BCUT2D eigenvalue weighted by atomic mass is 16.5. The zero-order valence-electron chi connectivity index (χ0n) is 8.80. The summed E-state index contributed by atoms with van der Waals surface area (Å²) < 4.78 is 5.37. The van der Waals surface area contributed by atoms with E-state index in [9.17, 15) is 4.79 Å². The van der Waals surface area contributed by atoms with E-state index in [1.54, 1.807) is 7.11 Å². The average Bonchev–Trinajstić information content (AvgIpc) is 2.04. The van der Waals surface area contributed by atoms with E-state index in [0.717, 1.165) is 19.3 Å². The van der Waals surface area contributed by atoms with Gasteiger partial charge in [0.25, 0.3) is 0 Å². The third-order valence-corrected chi connectivity index (χ3v) is 2.37. The van der Waals surface area contributed by atoms with Crippen molar-refractivity contribution < 1.29 is 14.6 Å². The lowest BCUT2D eigenvalue weighted by atomic mass is 9.93. The van der Waals surface area contributed by atoms with E-state index in [0.29, 0.717) is 6.42 Å². The van der Waals surface area contributed by atoms with Gasteiger partial charge in [-0.3, -0.25) is 4.79 Å². The van der Waals surface area contributed by atoms with E-state index in [1.165, 1.54) is 0 Å². The van der Waals surface area contributed by atoms with Gasteiger partial charge in [-0.1, -0.05) is 13.3 Å². The van der Waals surface area contributed by atoms with Crippen LogP contribution in [-0.4, -0.2) is 23.8 Å². The molecule has 0 saturated heterocycles. The Hall–Kier alpha value is -0.570. The first-order valence-electron chi connectivity index (χ1n) is 4.81. The number of hydrogen-bond donors (Lipinski definition) is 1. The fourth-order valence-electron chi connectivity index (χ4n) is 1.47. The summed E-state index contributed by atoms with van der Waals surface area (Å²) >= 11 is 0. The van der Waals surface area contributed by atoms with Crippen LogP contribution in [0.15, 0.2) is 0 Å². The highest BCUT2D eigenvalue weighted by Gasteiger charge is 2.21. The summed E-state index contributed by atoms with van der Waals surface area (Å²) in [5.74, 6) is -0.727. The van der Waals surface area contributed by atoms with Crippen LogP contribution in [0.5, 0.6) is 0 Å². The van der Waals surface area contributed by atoms with E-state index in [2.05, 4.69) is 6.92 Å². The molecule has 0 amide bonds. The molecule has 1 unspecified atom stereocenters. The summed E-state index contributed by atoms with van der Waals surface area (Å²) in [6, 6.07) is 0. The smallest absolute Gasteiger partial charge is 0.303 e. The van der Waals surface area contributed by atoms with E-state index in [4.69, 9.17) is 9.84 Å². The zero-order valence-corrected chi connectivity index (χ0v) is 8.80. The minimum absolute atomic E-state index is 0.135. The normalized spacial score (nSPS) is 15.3. The SMILES string of the molecule is CCCC(C)(CCCC(=O)O)OC. The van der Waals surface area contributed by atoms with Crippen molar-refractivity contribution in [3.63, 3.8) is 0 Å². The lowest BCUT2D eigenvalue weighted by Gasteiger charge is -2.27. The van der Waals surface area contributed by atoms with Gasteiger partial charge in [0.05, 0.1) is 5.60 Å². The van der Waals surface area contributed by atoms with Crippen molar-refractivity contribution in [3.05, 3.63) is 0 Å². The molecular weight excluding hydrogens is 168 g/mol. The Bertz CT molecular complexity index is 156. The fraction of sp³-hybridized carbons (Fsp3) is 0.900. The number of ether oxygens (including phenoxy) is 1. The molecule has 13 heavy (non-hydrogen) atoms. The molecule has 1 N–H and O–H groups in total. The molecule has 0 rings (SSSR count). The van der Waals surface area contributed by atoms with Gasteiger partial charge in [0.15, 0.2) is 0 Å². The molecule has 3 nitrogen and oxygen atoms in total. The third-order valence-electron chi connectivity index (χ3n) is 2.37. The molecule has 0 saturated carbocycles. The number of hydrogen-bond acceptors (Lipinski definition) is 2. The van der Waals surface area contributed by atoms with Crippen LogP contribution in [-0.2, 0) is 9.53 Å². The van der Waals surface area contributed by atoms with Gasteiger partial charge in [-0.2, -0.15) is 0 Å². The van der Waals surface area contributed by atoms with Crippen molar-refractivity contribution in [1.82, 2.24) is 0 Å².